The van der Waals surface area contributed by atoms with Gasteiger partial charge in [-0.25, -0.2) is 9.48 Å². The number of ether oxygens (including phenoxy) is 1. The van der Waals surface area contributed by atoms with Gasteiger partial charge in [-0.1, -0.05) is 5.16 Å². The fraction of sp³-hybridized carbons (Fsp3) is 0.200. The van der Waals surface area contributed by atoms with Crippen molar-refractivity contribution in [3.8, 4) is 5.69 Å². The van der Waals surface area contributed by atoms with E-state index in [9.17, 15) is 9.59 Å². The summed E-state index contributed by atoms with van der Waals surface area (Å²) in [5, 5.41) is 16.9. The largest absolute Gasteiger partial charge is 0.449 e. The van der Waals surface area contributed by atoms with Crippen LogP contribution in [0.25, 0.3) is 5.69 Å². The smallest absolute Gasteiger partial charge is 0.338 e. The number of esters is 1. The summed E-state index contributed by atoms with van der Waals surface area (Å²) in [6, 6.07) is 8.00. The Bertz CT molecular complexity index is 872. The average Bonchev–Trinajstić information content (AvgIpc) is 3.27. The Morgan fingerprint density at radius 1 is 1.28 bits per heavy atom. The number of aryl methyl sites for hydroxylation is 1. The third-order valence-corrected chi connectivity index (χ3v) is 3.24. The molecule has 10 heteroatoms. The maximum atomic E-state index is 12.1. The van der Waals surface area contributed by atoms with E-state index >= 15 is 0 Å². The van der Waals surface area contributed by atoms with Crippen LogP contribution >= 0.6 is 0 Å². The van der Waals surface area contributed by atoms with Crippen LogP contribution in [-0.2, 0) is 9.53 Å². The van der Waals surface area contributed by atoms with Crippen LogP contribution in [0.3, 0.4) is 0 Å². The minimum Gasteiger partial charge on any atom is -0.449 e. The van der Waals surface area contributed by atoms with E-state index in [0.717, 1.165) is 0 Å². The number of rotatable bonds is 5. The average molecular weight is 342 g/mol. The Hall–Kier alpha value is -3.56. The molecule has 1 amide bonds. The second kappa shape index (κ2) is 6.91. The number of hydrogen-bond acceptors (Lipinski definition) is 8. The van der Waals surface area contributed by atoms with E-state index in [-0.39, 0.29) is 5.88 Å². The van der Waals surface area contributed by atoms with Gasteiger partial charge >= 0.3 is 5.97 Å². The summed E-state index contributed by atoms with van der Waals surface area (Å²) in [6.07, 6.45) is 0.433. The van der Waals surface area contributed by atoms with Gasteiger partial charge < -0.3 is 9.26 Å². The van der Waals surface area contributed by atoms with E-state index in [1.807, 2.05) is 0 Å². The molecule has 0 unspecified atom stereocenters. The normalized spacial score (nSPS) is 11.8. The summed E-state index contributed by atoms with van der Waals surface area (Å²) in [5.41, 5.74) is 1.61. The van der Waals surface area contributed by atoms with Gasteiger partial charge in [0, 0.05) is 6.07 Å². The van der Waals surface area contributed by atoms with Crippen molar-refractivity contribution in [1.29, 1.82) is 0 Å². The van der Waals surface area contributed by atoms with Gasteiger partial charge in [0.1, 0.15) is 6.33 Å². The third-order valence-electron chi connectivity index (χ3n) is 3.24. The first-order chi connectivity index (χ1) is 12.0. The first-order valence-corrected chi connectivity index (χ1v) is 7.31. The number of benzene rings is 1. The maximum absolute atomic E-state index is 12.1. The van der Waals surface area contributed by atoms with Crippen LogP contribution in [-0.4, -0.2) is 43.3 Å². The van der Waals surface area contributed by atoms with E-state index in [4.69, 9.17) is 9.26 Å². The van der Waals surface area contributed by atoms with Crippen molar-refractivity contribution in [1.82, 2.24) is 25.4 Å². The summed E-state index contributed by atoms with van der Waals surface area (Å²) >= 11 is 0. The summed E-state index contributed by atoms with van der Waals surface area (Å²) in [4.78, 5) is 24.1. The van der Waals surface area contributed by atoms with Crippen molar-refractivity contribution in [2.45, 2.75) is 20.0 Å². The zero-order valence-corrected chi connectivity index (χ0v) is 13.4. The highest BCUT2D eigenvalue weighted by atomic mass is 16.5. The van der Waals surface area contributed by atoms with Crippen molar-refractivity contribution in [3.05, 3.63) is 47.9 Å². The Morgan fingerprint density at radius 3 is 2.64 bits per heavy atom. The van der Waals surface area contributed by atoms with Crippen molar-refractivity contribution in [2.75, 3.05) is 5.32 Å². The highest BCUT2D eigenvalue weighted by Gasteiger charge is 2.20. The molecule has 0 bridgehead atoms. The van der Waals surface area contributed by atoms with E-state index in [2.05, 4.69) is 26.0 Å². The van der Waals surface area contributed by atoms with Gasteiger partial charge in [-0.2, -0.15) is 0 Å². The third kappa shape index (κ3) is 3.86. The van der Waals surface area contributed by atoms with Gasteiger partial charge in [0.15, 0.2) is 6.10 Å². The first-order valence-electron chi connectivity index (χ1n) is 7.31. The molecule has 10 nitrogen and oxygen atoms in total. The fourth-order valence-corrected chi connectivity index (χ4v) is 1.96. The SMILES string of the molecule is Cc1cc(NC(=O)[C@H](C)OC(=O)c2ccc(-n3cnnn3)cc2)on1. The summed E-state index contributed by atoms with van der Waals surface area (Å²) in [6.45, 7) is 3.19. The molecule has 1 aromatic carbocycles. The number of tetrazole rings is 1. The lowest BCUT2D eigenvalue weighted by Crippen LogP contribution is -2.29. The van der Waals surface area contributed by atoms with Crippen LogP contribution in [0.4, 0.5) is 5.88 Å². The van der Waals surface area contributed by atoms with Crippen LogP contribution in [0.5, 0.6) is 0 Å². The van der Waals surface area contributed by atoms with Crippen LogP contribution in [0.2, 0.25) is 0 Å². The molecule has 2 heterocycles. The van der Waals surface area contributed by atoms with Crippen molar-refractivity contribution >= 4 is 17.8 Å². The summed E-state index contributed by atoms with van der Waals surface area (Å²) in [7, 11) is 0. The molecule has 3 aromatic rings. The number of amides is 1. The Morgan fingerprint density at radius 2 is 2.04 bits per heavy atom. The lowest BCUT2D eigenvalue weighted by molar-refractivity contribution is -0.123. The number of carbonyl (C=O) groups excluding carboxylic acids is 2. The maximum Gasteiger partial charge on any atom is 0.338 e. The molecule has 3 rings (SSSR count). The molecule has 0 aliphatic rings. The van der Waals surface area contributed by atoms with Gasteiger partial charge in [0.05, 0.1) is 16.9 Å². The predicted octanol–water partition coefficient (Wildman–Crippen LogP) is 1.14. The van der Waals surface area contributed by atoms with Crippen molar-refractivity contribution in [2.24, 2.45) is 0 Å². The molecular weight excluding hydrogens is 328 g/mol. The van der Waals surface area contributed by atoms with E-state index in [1.54, 1.807) is 37.3 Å². The van der Waals surface area contributed by atoms with Gasteiger partial charge in [-0.15, -0.1) is 5.10 Å². The zero-order valence-electron chi connectivity index (χ0n) is 13.4. The summed E-state index contributed by atoms with van der Waals surface area (Å²) < 4.78 is 11.5. The van der Waals surface area contributed by atoms with Crippen molar-refractivity contribution < 1.29 is 18.8 Å². The highest BCUT2D eigenvalue weighted by Crippen LogP contribution is 2.12. The molecule has 0 spiro atoms. The van der Waals surface area contributed by atoms with E-state index in [0.29, 0.717) is 16.9 Å². The lowest BCUT2D eigenvalue weighted by Gasteiger charge is -2.12. The molecule has 1 N–H and O–H groups in total. The molecule has 0 radical (unpaired) electrons. The standard InChI is InChI=1S/C15H14N6O4/c1-9-7-13(25-18-9)17-14(22)10(2)24-15(23)11-3-5-12(6-4-11)21-8-16-19-20-21/h3-8,10H,1-2H3,(H,17,22)/t10-/m0/s1. The molecular formula is C15H14N6O4. The molecule has 0 aliphatic heterocycles. The van der Waals surface area contributed by atoms with Gasteiger partial charge in [-0.3, -0.25) is 10.1 Å². The molecule has 0 aliphatic carbocycles. The second-order valence-electron chi connectivity index (χ2n) is 5.17. The molecule has 0 saturated carbocycles. The Labute approximate surface area is 141 Å². The minimum absolute atomic E-state index is 0.191. The number of aromatic nitrogens is 5. The monoisotopic (exact) mass is 342 g/mol. The Kier molecular flexibility index (Phi) is 4.50. The fourth-order valence-electron chi connectivity index (χ4n) is 1.96. The molecule has 0 saturated heterocycles. The number of anilines is 1. The second-order valence-corrected chi connectivity index (χ2v) is 5.17. The van der Waals surface area contributed by atoms with E-state index < -0.39 is 18.0 Å². The minimum atomic E-state index is -1.00. The molecule has 1 atom stereocenters. The molecule has 0 fully saturated rings. The lowest BCUT2D eigenvalue weighted by atomic mass is 10.2. The van der Waals surface area contributed by atoms with Crippen LogP contribution in [0, 0.1) is 6.92 Å². The van der Waals surface area contributed by atoms with Gasteiger partial charge in [0.2, 0.25) is 5.88 Å². The van der Waals surface area contributed by atoms with Crippen LogP contribution in [0.15, 0.2) is 41.2 Å². The quantitative estimate of drug-likeness (QED) is 0.684. The molecule has 25 heavy (non-hydrogen) atoms. The number of nitrogens with one attached hydrogen (secondary N) is 1. The highest BCUT2D eigenvalue weighted by molar-refractivity contribution is 5.96. The van der Waals surface area contributed by atoms with Crippen molar-refractivity contribution in [3.63, 3.8) is 0 Å². The number of hydrogen-bond donors (Lipinski definition) is 1. The zero-order chi connectivity index (χ0) is 17.8. The number of nitrogens with zero attached hydrogens (tertiary/aromatic N) is 5. The van der Waals surface area contributed by atoms with Crippen LogP contribution in [0.1, 0.15) is 23.0 Å². The topological polar surface area (TPSA) is 125 Å². The summed E-state index contributed by atoms with van der Waals surface area (Å²) in [5.74, 6) is -0.953. The van der Waals surface area contributed by atoms with Gasteiger partial charge in [-0.05, 0) is 48.5 Å². The predicted molar refractivity (Wildman–Crippen MR) is 83.9 cm³/mol. The van der Waals surface area contributed by atoms with Gasteiger partial charge in [0.25, 0.3) is 5.91 Å². The Balaban J connectivity index is 1.60. The van der Waals surface area contributed by atoms with Crippen LogP contribution < -0.4 is 5.32 Å². The van der Waals surface area contributed by atoms with E-state index in [1.165, 1.54) is 17.9 Å². The first kappa shape index (κ1) is 16.3. The number of carbonyl (C=O) groups is 2. The molecule has 128 valence electrons. The molecule has 2 aromatic heterocycles.